The minimum absolute atomic E-state index is 0.0814. The zero-order valence-electron chi connectivity index (χ0n) is 19.6. The average Bonchev–Trinajstić information content (AvgIpc) is 2.92. The van der Waals surface area contributed by atoms with Crippen LogP contribution >= 0.6 is 0 Å². The van der Waals surface area contributed by atoms with Crippen molar-refractivity contribution in [1.29, 1.82) is 0 Å². The highest BCUT2D eigenvalue weighted by molar-refractivity contribution is 5.91. The fraction of sp³-hybridized carbons (Fsp3) is 0.250. The fourth-order valence-electron chi connectivity index (χ4n) is 2.84. The minimum Gasteiger partial charge on any atom is -0.482 e. The van der Waals surface area contributed by atoms with Crippen LogP contribution in [0.2, 0.25) is 0 Å². The minimum atomic E-state index is -0.917. The molecule has 0 saturated carbocycles. The highest BCUT2D eigenvalue weighted by Gasteiger charge is 2.18. The summed E-state index contributed by atoms with van der Waals surface area (Å²) in [4.78, 5) is 55.0. The molecule has 0 aliphatic carbocycles. The summed E-state index contributed by atoms with van der Waals surface area (Å²) in [7, 11) is 3.63. The van der Waals surface area contributed by atoms with Gasteiger partial charge in [0.05, 0.1) is 21.3 Å². The third-order valence-electron chi connectivity index (χ3n) is 4.68. The van der Waals surface area contributed by atoms with Crippen LogP contribution in [0.3, 0.4) is 0 Å². The monoisotopic (exact) mass is 498 g/mol. The second-order valence-electron chi connectivity index (χ2n) is 7.02. The van der Waals surface area contributed by atoms with E-state index in [9.17, 15) is 19.2 Å². The zero-order valence-corrected chi connectivity index (χ0v) is 19.6. The van der Waals surface area contributed by atoms with Crippen LogP contribution in [0.4, 0.5) is 0 Å². The third-order valence-corrected chi connectivity index (χ3v) is 4.68. The normalized spacial score (nSPS) is 10.3. The van der Waals surface area contributed by atoms with E-state index >= 15 is 0 Å². The number of benzene rings is 2. The number of ether oxygens (including phenoxy) is 6. The lowest BCUT2D eigenvalue weighted by atomic mass is 10.1. The standard InChI is InChI=1S/C24H22N2O10/c1-31-20(27)11-34-17-7-6-14-8-16(5-4-15(14)9-17)23-25-18(24(30)36-13-22(29)33-3)10-19(26-23)35-12-21(28)32-2/h4-10H,11-13H2,1-3H3. The lowest BCUT2D eigenvalue weighted by molar-refractivity contribution is -0.144. The molecule has 12 nitrogen and oxygen atoms in total. The lowest BCUT2D eigenvalue weighted by Gasteiger charge is -2.10. The van der Waals surface area contributed by atoms with Crippen LogP contribution in [-0.2, 0) is 33.3 Å². The molecule has 3 aromatic rings. The van der Waals surface area contributed by atoms with Crippen LogP contribution in [-0.4, -0.2) is 75.0 Å². The summed E-state index contributed by atoms with van der Waals surface area (Å²) >= 11 is 0. The predicted molar refractivity (Wildman–Crippen MR) is 122 cm³/mol. The van der Waals surface area contributed by atoms with Gasteiger partial charge in [-0.15, -0.1) is 0 Å². The molecule has 36 heavy (non-hydrogen) atoms. The van der Waals surface area contributed by atoms with E-state index in [1.165, 1.54) is 20.3 Å². The topological polar surface area (TPSA) is 149 Å². The smallest absolute Gasteiger partial charge is 0.357 e. The van der Waals surface area contributed by atoms with Crippen molar-refractivity contribution in [1.82, 2.24) is 9.97 Å². The lowest BCUT2D eigenvalue weighted by Crippen LogP contribution is -2.17. The van der Waals surface area contributed by atoms with Crippen LogP contribution in [0.25, 0.3) is 22.2 Å². The number of nitrogens with zero attached hydrogens (tertiary/aromatic N) is 2. The van der Waals surface area contributed by atoms with Crippen molar-refractivity contribution in [2.75, 3.05) is 41.2 Å². The Hall–Kier alpha value is -4.74. The number of methoxy groups -OCH3 is 3. The Kier molecular flexibility index (Phi) is 8.70. The van der Waals surface area contributed by atoms with Gasteiger partial charge in [-0.1, -0.05) is 18.2 Å². The number of rotatable bonds is 10. The molecular formula is C24H22N2O10. The van der Waals surface area contributed by atoms with E-state index in [1.54, 1.807) is 36.4 Å². The van der Waals surface area contributed by atoms with E-state index in [2.05, 4.69) is 24.2 Å². The second kappa shape index (κ2) is 12.1. The number of aromatic nitrogens is 2. The maximum absolute atomic E-state index is 12.5. The zero-order chi connectivity index (χ0) is 26.1. The molecule has 0 radical (unpaired) electrons. The number of esters is 4. The molecular weight excluding hydrogens is 476 g/mol. The Morgan fingerprint density at radius 2 is 1.31 bits per heavy atom. The molecule has 1 aromatic heterocycles. The first kappa shape index (κ1) is 25.9. The SMILES string of the molecule is COC(=O)COC(=O)c1cc(OCC(=O)OC)nc(-c2ccc3cc(OCC(=O)OC)ccc3c2)n1. The van der Waals surface area contributed by atoms with Crippen molar-refractivity contribution in [3.63, 3.8) is 0 Å². The van der Waals surface area contributed by atoms with Crippen molar-refractivity contribution in [3.8, 4) is 23.0 Å². The van der Waals surface area contributed by atoms with Crippen LogP contribution in [0.5, 0.6) is 11.6 Å². The molecule has 1 heterocycles. The highest BCUT2D eigenvalue weighted by atomic mass is 16.6. The van der Waals surface area contributed by atoms with Crippen molar-refractivity contribution >= 4 is 34.6 Å². The Balaban J connectivity index is 1.91. The second-order valence-corrected chi connectivity index (χ2v) is 7.02. The molecule has 0 N–H and O–H groups in total. The van der Waals surface area contributed by atoms with Gasteiger partial charge in [0.2, 0.25) is 5.88 Å². The summed E-state index contributed by atoms with van der Waals surface area (Å²) in [6, 6.07) is 11.6. The van der Waals surface area contributed by atoms with Gasteiger partial charge < -0.3 is 28.4 Å². The number of hydrogen-bond acceptors (Lipinski definition) is 12. The molecule has 0 bridgehead atoms. The molecule has 3 rings (SSSR count). The van der Waals surface area contributed by atoms with Gasteiger partial charge in [0.15, 0.2) is 31.3 Å². The molecule has 0 saturated heterocycles. The summed E-state index contributed by atoms with van der Waals surface area (Å²) in [5.41, 5.74) is 0.326. The third kappa shape index (κ3) is 6.88. The maximum Gasteiger partial charge on any atom is 0.357 e. The van der Waals surface area contributed by atoms with Crippen LogP contribution in [0, 0.1) is 0 Å². The predicted octanol–water partition coefficient (Wildman–Crippen LogP) is 1.73. The van der Waals surface area contributed by atoms with E-state index in [4.69, 9.17) is 14.2 Å². The van der Waals surface area contributed by atoms with Crippen LogP contribution < -0.4 is 9.47 Å². The van der Waals surface area contributed by atoms with E-state index in [-0.39, 0.29) is 24.0 Å². The van der Waals surface area contributed by atoms with E-state index in [1.807, 2.05) is 0 Å². The van der Waals surface area contributed by atoms with Crippen molar-refractivity contribution < 1.29 is 47.6 Å². The van der Waals surface area contributed by atoms with Gasteiger partial charge >= 0.3 is 23.9 Å². The largest absolute Gasteiger partial charge is 0.482 e. The van der Waals surface area contributed by atoms with Crippen molar-refractivity contribution in [2.45, 2.75) is 0 Å². The molecule has 0 spiro atoms. The summed E-state index contributed by atoms with van der Waals surface area (Å²) in [6.07, 6.45) is 0. The van der Waals surface area contributed by atoms with Gasteiger partial charge in [-0.3, -0.25) is 0 Å². The first-order valence-corrected chi connectivity index (χ1v) is 10.4. The fourth-order valence-corrected chi connectivity index (χ4v) is 2.84. The Bertz CT molecular complexity index is 1290. The molecule has 0 aliphatic heterocycles. The molecule has 2 aromatic carbocycles. The van der Waals surface area contributed by atoms with E-state index in [0.29, 0.717) is 11.3 Å². The molecule has 12 heteroatoms. The molecule has 0 amide bonds. The Morgan fingerprint density at radius 1 is 0.694 bits per heavy atom. The van der Waals surface area contributed by atoms with E-state index < -0.39 is 37.1 Å². The molecule has 0 unspecified atom stereocenters. The van der Waals surface area contributed by atoms with Gasteiger partial charge in [0, 0.05) is 11.6 Å². The first-order valence-electron chi connectivity index (χ1n) is 10.4. The van der Waals surface area contributed by atoms with Crippen molar-refractivity contribution in [2.24, 2.45) is 0 Å². The summed E-state index contributed by atoms with van der Waals surface area (Å²) in [5.74, 6) is -2.31. The van der Waals surface area contributed by atoms with Crippen molar-refractivity contribution in [3.05, 3.63) is 48.2 Å². The number of carbonyl (C=O) groups excluding carboxylic acids is 4. The van der Waals surface area contributed by atoms with Gasteiger partial charge in [0.25, 0.3) is 0 Å². The molecule has 0 aliphatic rings. The van der Waals surface area contributed by atoms with Gasteiger partial charge in [-0.05, 0) is 29.0 Å². The number of fused-ring (bicyclic) bond motifs is 1. The quantitative estimate of drug-likeness (QED) is 0.296. The summed E-state index contributed by atoms with van der Waals surface area (Å²) in [5, 5.41) is 1.59. The van der Waals surface area contributed by atoms with Gasteiger partial charge in [-0.25, -0.2) is 24.2 Å². The number of carbonyl (C=O) groups is 4. The summed E-state index contributed by atoms with van der Waals surface area (Å²) < 4.78 is 29.2. The Morgan fingerprint density at radius 3 is 2.00 bits per heavy atom. The van der Waals surface area contributed by atoms with Crippen LogP contribution in [0.1, 0.15) is 10.5 Å². The van der Waals surface area contributed by atoms with Gasteiger partial charge in [0.1, 0.15) is 5.75 Å². The van der Waals surface area contributed by atoms with Gasteiger partial charge in [-0.2, -0.15) is 4.98 Å². The molecule has 0 atom stereocenters. The highest BCUT2D eigenvalue weighted by Crippen LogP contribution is 2.27. The number of hydrogen-bond donors (Lipinski definition) is 0. The summed E-state index contributed by atoms with van der Waals surface area (Å²) in [6.45, 7) is -1.28. The maximum atomic E-state index is 12.5. The first-order chi connectivity index (χ1) is 17.3. The molecule has 188 valence electrons. The van der Waals surface area contributed by atoms with Crippen LogP contribution in [0.15, 0.2) is 42.5 Å². The van der Waals surface area contributed by atoms with E-state index in [0.717, 1.165) is 17.9 Å². The Labute approximate surface area is 205 Å². The average molecular weight is 498 g/mol. The molecule has 0 fully saturated rings.